The van der Waals surface area contributed by atoms with Gasteiger partial charge in [-0.05, 0) is 13.8 Å². The number of hydrogen-bond acceptors (Lipinski definition) is 4. The van der Waals surface area contributed by atoms with E-state index in [0.29, 0.717) is 6.20 Å². The maximum absolute atomic E-state index is 12.3. The Morgan fingerprint density at radius 3 is 2.22 bits per heavy atom. The van der Waals surface area contributed by atoms with Crippen LogP contribution in [0.4, 0.5) is 13.2 Å². The van der Waals surface area contributed by atoms with Crippen molar-refractivity contribution in [1.82, 2.24) is 9.97 Å². The number of carbonyl (C=O) groups excluding carboxylic acids is 1. The molecule has 0 spiro atoms. The van der Waals surface area contributed by atoms with Gasteiger partial charge in [0.25, 0.3) is 0 Å². The zero-order chi connectivity index (χ0) is 14.0. The van der Waals surface area contributed by atoms with E-state index in [9.17, 15) is 18.0 Å². The Balaban J connectivity index is 3.01. The number of halogens is 4. The van der Waals surface area contributed by atoms with Gasteiger partial charge >= 0.3 is 12.1 Å². The van der Waals surface area contributed by atoms with Crippen molar-refractivity contribution in [2.24, 2.45) is 0 Å². The molecule has 1 atom stereocenters. The van der Waals surface area contributed by atoms with E-state index in [1.54, 1.807) is 6.92 Å². The van der Waals surface area contributed by atoms with Crippen LogP contribution in [0.25, 0.3) is 0 Å². The Morgan fingerprint density at radius 1 is 1.33 bits per heavy atom. The topological polar surface area (TPSA) is 52.1 Å². The zero-order valence-corrected chi connectivity index (χ0v) is 11.2. The second-order valence-electron chi connectivity index (χ2n) is 3.51. The van der Waals surface area contributed by atoms with E-state index in [1.807, 2.05) is 0 Å². The summed E-state index contributed by atoms with van der Waals surface area (Å²) >= 11 is 3.07. The summed E-state index contributed by atoms with van der Waals surface area (Å²) in [5.74, 6) is -0.640. The van der Waals surface area contributed by atoms with Gasteiger partial charge in [-0.15, -0.1) is 0 Å². The Kier molecular flexibility index (Phi) is 4.31. The normalized spacial score (nSPS) is 15.0. The lowest BCUT2D eigenvalue weighted by Crippen LogP contribution is -2.29. The van der Waals surface area contributed by atoms with E-state index < -0.39 is 22.2 Å². The molecule has 0 aliphatic heterocycles. The molecule has 0 bridgehead atoms. The molecule has 0 N–H and O–H groups in total. The standard InChI is InChI=1S/C10H10BrF3N2O2/c1-3-18-8(17)9(2,11)6-4-16-7(5-15-6)10(12,13)14/h4-5H,3H2,1-2H3. The van der Waals surface area contributed by atoms with Gasteiger partial charge in [-0.25, -0.2) is 4.98 Å². The van der Waals surface area contributed by atoms with Crippen molar-refractivity contribution in [3.8, 4) is 0 Å². The zero-order valence-electron chi connectivity index (χ0n) is 9.58. The minimum absolute atomic E-state index is 0.0500. The number of nitrogens with zero attached hydrogens (tertiary/aromatic N) is 2. The van der Waals surface area contributed by atoms with E-state index in [2.05, 4.69) is 25.9 Å². The average Bonchev–Trinajstić information content (AvgIpc) is 2.28. The average molecular weight is 327 g/mol. The number of hydrogen-bond donors (Lipinski definition) is 0. The third kappa shape index (κ3) is 3.18. The second kappa shape index (κ2) is 5.21. The van der Waals surface area contributed by atoms with Crippen LogP contribution in [0, 0.1) is 0 Å². The minimum atomic E-state index is -4.56. The lowest BCUT2D eigenvalue weighted by molar-refractivity contribution is -0.145. The highest BCUT2D eigenvalue weighted by Gasteiger charge is 2.38. The van der Waals surface area contributed by atoms with Gasteiger partial charge in [0.2, 0.25) is 0 Å². The molecule has 1 heterocycles. The van der Waals surface area contributed by atoms with Gasteiger partial charge in [-0.2, -0.15) is 13.2 Å². The smallest absolute Gasteiger partial charge is 0.434 e. The molecule has 1 unspecified atom stereocenters. The predicted octanol–water partition coefficient (Wildman–Crippen LogP) is 2.67. The lowest BCUT2D eigenvalue weighted by Gasteiger charge is -2.19. The fraction of sp³-hybridized carbons (Fsp3) is 0.500. The van der Waals surface area contributed by atoms with Crippen LogP contribution in [-0.4, -0.2) is 22.5 Å². The minimum Gasteiger partial charge on any atom is -0.465 e. The monoisotopic (exact) mass is 326 g/mol. The maximum Gasteiger partial charge on any atom is 0.434 e. The number of ether oxygens (including phenoxy) is 1. The molecule has 100 valence electrons. The molecule has 0 saturated carbocycles. The van der Waals surface area contributed by atoms with E-state index in [0.717, 1.165) is 6.20 Å². The predicted molar refractivity (Wildman–Crippen MR) is 59.9 cm³/mol. The van der Waals surface area contributed by atoms with Crippen LogP contribution in [0.15, 0.2) is 12.4 Å². The summed E-state index contributed by atoms with van der Waals surface area (Å²) < 4.78 is 40.3. The highest BCUT2D eigenvalue weighted by atomic mass is 79.9. The molecule has 0 radical (unpaired) electrons. The first-order valence-electron chi connectivity index (χ1n) is 4.95. The molecule has 0 amide bonds. The first-order chi connectivity index (χ1) is 8.19. The molecule has 0 fully saturated rings. The number of alkyl halides is 4. The van der Waals surface area contributed by atoms with Crippen molar-refractivity contribution in [3.05, 3.63) is 23.8 Å². The molecule has 1 rings (SSSR count). The highest BCUT2D eigenvalue weighted by molar-refractivity contribution is 9.10. The van der Waals surface area contributed by atoms with Crippen LogP contribution in [0.5, 0.6) is 0 Å². The van der Waals surface area contributed by atoms with Gasteiger partial charge in [0.1, 0.15) is 0 Å². The van der Waals surface area contributed by atoms with Crippen LogP contribution in [0.1, 0.15) is 25.2 Å². The molecule has 8 heteroatoms. The van der Waals surface area contributed by atoms with Gasteiger partial charge < -0.3 is 4.74 Å². The fourth-order valence-electron chi connectivity index (χ4n) is 1.09. The Bertz CT molecular complexity index is 432. The van der Waals surface area contributed by atoms with Crippen LogP contribution in [0.2, 0.25) is 0 Å². The van der Waals surface area contributed by atoms with E-state index in [-0.39, 0.29) is 12.3 Å². The van der Waals surface area contributed by atoms with Crippen LogP contribution in [0.3, 0.4) is 0 Å². The SMILES string of the molecule is CCOC(=O)C(C)(Br)c1cnc(C(F)(F)F)cn1. The maximum atomic E-state index is 12.3. The summed E-state index contributed by atoms with van der Waals surface area (Å²) in [5, 5.41) is 0. The van der Waals surface area contributed by atoms with Gasteiger partial charge in [0.15, 0.2) is 10.0 Å². The Morgan fingerprint density at radius 2 is 1.83 bits per heavy atom. The number of esters is 1. The largest absolute Gasteiger partial charge is 0.465 e. The molecule has 4 nitrogen and oxygen atoms in total. The van der Waals surface area contributed by atoms with E-state index in [1.165, 1.54) is 6.92 Å². The number of carbonyl (C=O) groups is 1. The molecule has 1 aromatic rings. The molecule has 1 aromatic heterocycles. The highest BCUT2D eigenvalue weighted by Crippen LogP contribution is 2.32. The molecular weight excluding hydrogens is 317 g/mol. The molecule has 0 aliphatic rings. The quantitative estimate of drug-likeness (QED) is 0.633. The molecule has 18 heavy (non-hydrogen) atoms. The van der Waals surface area contributed by atoms with Gasteiger partial charge in [0, 0.05) is 0 Å². The van der Waals surface area contributed by atoms with Crippen molar-refractivity contribution in [3.63, 3.8) is 0 Å². The van der Waals surface area contributed by atoms with Crippen LogP contribution in [-0.2, 0) is 20.0 Å². The summed E-state index contributed by atoms with van der Waals surface area (Å²) in [7, 11) is 0. The first-order valence-corrected chi connectivity index (χ1v) is 5.74. The van der Waals surface area contributed by atoms with Crippen molar-refractivity contribution in [2.45, 2.75) is 24.3 Å². The molecule has 0 aromatic carbocycles. The van der Waals surface area contributed by atoms with Gasteiger partial charge in [0.05, 0.1) is 24.7 Å². The Labute approximate surface area is 110 Å². The third-order valence-corrected chi connectivity index (χ3v) is 2.81. The van der Waals surface area contributed by atoms with E-state index in [4.69, 9.17) is 4.74 Å². The lowest BCUT2D eigenvalue weighted by atomic mass is 10.1. The summed E-state index contributed by atoms with van der Waals surface area (Å²) in [5.41, 5.74) is -1.06. The first kappa shape index (κ1) is 14.9. The number of aromatic nitrogens is 2. The van der Waals surface area contributed by atoms with Crippen LogP contribution < -0.4 is 0 Å². The van der Waals surface area contributed by atoms with Crippen molar-refractivity contribution in [1.29, 1.82) is 0 Å². The third-order valence-electron chi connectivity index (χ3n) is 2.08. The van der Waals surface area contributed by atoms with Crippen molar-refractivity contribution < 1.29 is 22.7 Å². The van der Waals surface area contributed by atoms with Gasteiger partial charge in [-0.3, -0.25) is 9.78 Å². The van der Waals surface area contributed by atoms with Crippen molar-refractivity contribution in [2.75, 3.05) is 6.61 Å². The molecule has 0 saturated heterocycles. The fourth-order valence-corrected chi connectivity index (χ4v) is 1.41. The second-order valence-corrected chi connectivity index (χ2v) is 5.09. The van der Waals surface area contributed by atoms with E-state index >= 15 is 0 Å². The summed E-state index contributed by atoms with van der Waals surface area (Å²) in [4.78, 5) is 18.4. The summed E-state index contributed by atoms with van der Waals surface area (Å²) in [6, 6.07) is 0. The summed E-state index contributed by atoms with van der Waals surface area (Å²) in [6.07, 6.45) is -3.08. The number of rotatable bonds is 3. The Hall–Kier alpha value is -1.18. The molecular formula is C10H10BrF3N2O2. The van der Waals surface area contributed by atoms with Gasteiger partial charge in [-0.1, -0.05) is 15.9 Å². The summed E-state index contributed by atoms with van der Waals surface area (Å²) in [6.45, 7) is 3.22. The van der Waals surface area contributed by atoms with Crippen LogP contribution >= 0.6 is 15.9 Å². The van der Waals surface area contributed by atoms with Crippen molar-refractivity contribution >= 4 is 21.9 Å². The molecule has 0 aliphatic carbocycles.